The first kappa shape index (κ1) is 15.1. The summed E-state index contributed by atoms with van der Waals surface area (Å²) in [6.45, 7) is 3.33. The molecule has 7 nitrogen and oxygen atoms in total. The standard InChI is InChI=1S/C16H18N6OS/c1-10(23)20-13-7-19-21-14(13)11-3-2-5-22(8-11)16-15-12(4-6-24-15)17-9-18-16/h4,6-7,9,11H,2-3,5,8H2,1H3,(H,19,21)(H,20,23). The van der Waals surface area contributed by atoms with Crippen molar-refractivity contribution in [2.45, 2.75) is 25.7 Å². The Bertz CT molecular complexity index is 872. The quantitative estimate of drug-likeness (QED) is 0.764. The van der Waals surface area contributed by atoms with Crippen molar-refractivity contribution in [3.05, 3.63) is 29.7 Å². The van der Waals surface area contributed by atoms with Crippen LogP contribution in [0, 0.1) is 0 Å². The van der Waals surface area contributed by atoms with E-state index in [1.807, 2.05) is 11.4 Å². The van der Waals surface area contributed by atoms with Crippen molar-refractivity contribution in [3.63, 3.8) is 0 Å². The highest BCUT2D eigenvalue weighted by atomic mass is 32.1. The van der Waals surface area contributed by atoms with E-state index < -0.39 is 0 Å². The molecule has 2 N–H and O–H groups in total. The molecule has 24 heavy (non-hydrogen) atoms. The third-order valence-corrected chi connectivity index (χ3v) is 5.23. The smallest absolute Gasteiger partial charge is 0.221 e. The molecule has 0 saturated carbocycles. The van der Waals surface area contributed by atoms with Crippen LogP contribution in [0.3, 0.4) is 0 Å². The number of carbonyl (C=O) groups is 1. The van der Waals surface area contributed by atoms with Gasteiger partial charge in [-0.3, -0.25) is 9.89 Å². The molecule has 0 aliphatic carbocycles. The lowest BCUT2D eigenvalue weighted by Crippen LogP contribution is -2.35. The number of carbonyl (C=O) groups excluding carboxylic acids is 1. The molecule has 1 atom stereocenters. The maximum absolute atomic E-state index is 11.4. The first-order valence-electron chi connectivity index (χ1n) is 7.96. The molecular weight excluding hydrogens is 324 g/mol. The van der Waals surface area contributed by atoms with Gasteiger partial charge in [0.1, 0.15) is 12.1 Å². The van der Waals surface area contributed by atoms with Crippen molar-refractivity contribution in [1.29, 1.82) is 0 Å². The monoisotopic (exact) mass is 342 g/mol. The molecule has 0 spiro atoms. The summed E-state index contributed by atoms with van der Waals surface area (Å²) in [5, 5.41) is 12.1. The van der Waals surface area contributed by atoms with Gasteiger partial charge in [0.05, 0.1) is 27.8 Å². The summed E-state index contributed by atoms with van der Waals surface area (Å²) in [6, 6.07) is 2.02. The largest absolute Gasteiger partial charge is 0.355 e. The molecule has 1 saturated heterocycles. The lowest BCUT2D eigenvalue weighted by Gasteiger charge is -2.33. The van der Waals surface area contributed by atoms with Crippen LogP contribution in [0.15, 0.2) is 24.0 Å². The fraction of sp³-hybridized carbons (Fsp3) is 0.375. The van der Waals surface area contributed by atoms with Crippen molar-refractivity contribution in [2.75, 3.05) is 23.3 Å². The number of piperidine rings is 1. The fourth-order valence-electron chi connectivity index (χ4n) is 3.30. The lowest BCUT2D eigenvalue weighted by atomic mass is 9.94. The van der Waals surface area contributed by atoms with Crippen LogP contribution in [0.5, 0.6) is 0 Å². The minimum atomic E-state index is -0.0820. The number of fused-ring (bicyclic) bond motifs is 1. The molecular formula is C16H18N6OS. The number of anilines is 2. The summed E-state index contributed by atoms with van der Waals surface area (Å²) < 4.78 is 1.13. The van der Waals surface area contributed by atoms with Gasteiger partial charge in [-0.2, -0.15) is 5.10 Å². The number of hydrogen-bond donors (Lipinski definition) is 2. The third-order valence-electron chi connectivity index (χ3n) is 4.33. The molecule has 8 heteroatoms. The van der Waals surface area contributed by atoms with E-state index in [-0.39, 0.29) is 11.8 Å². The van der Waals surface area contributed by atoms with E-state index in [0.717, 1.165) is 53.3 Å². The average Bonchev–Trinajstić information content (AvgIpc) is 3.23. The first-order chi connectivity index (χ1) is 11.7. The SMILES string of the molecule is CC(=O)Nc1cn[nH]c1C1CCCN(c2ncnc3ccsc23)C1. The normalized spacial score (nSPS) is 18.0. The second-order valence-electron chi connectivity index (χ2n) is 6.00. The zero-order valence-electron chi connectivity index (χ0n) is 13.3. The van der Waals surface area contributed by atoms with Crippen LogP contribution >= 0.6 is 11.3 Å². The Labute approximate surface area is 143 Å². The maximum Gasteiger partial charge on any atom is 0.221 e. The van der Waals surface area contributed by atoms with Crippen LogP contribution in [-0.2, 0) is 4.79 Å². The Morgan fingerprint density at radius 2 is 2.38 bits per heavy atom. The molecule has 4 heterocycles. The van der Waals surface area contributed by atoms with Crippen molar-refractivity contribution in [1.82, 2.24) is 20.2 Å². The highest BCUT2D eigenvalue weighted by Crippen LogP contribution is 2.35. The molecule has 0 radical (unpaired) electrons. The molecule has 3 aromatic heterocycles. The van der Waals surface area contributed by atoms with E-state index in [1.54, 1.807) is 23.9 Å². The van der Waals surface area contributed by atoms with Gasteiger partial charge in [-0.1, -0.05) is 0 Å². The summed E-state index contributed by atoms with van der Waals surface area (Å²) in [7, 11) is 0. The molecule has 3 aromatic rings. The van der Waals surface area contributed by atoms with E-state index >= 15 is 0 Å². The van der Waals surface area contributed by atoms with Crippen LogP contribution in [0.1, 0.15) is 31.4 Å². The number of amides is 1. The molecule has 1 aliphatic heterocycles. The number of rotatable bonds is 3. The number of nitrogens with one attached hydrogen (secondary N) is 2. The predicted octanol–water partition coefficient (Wildman–Crippen LogP) is 2.76. The number of aromatic amines is 1. The summed E-state index contributed by atoms with van der Waals surface area (Å²) in [5.74, 6) is 1.20. The highest BCUT2D eigenvalue weighted by molar-refractivity contribution is 7.17. The van der Waals surface area contributed by atoms with Crippen molar-refractivity contribution < 1.29 is 4.79 Å². The number of nitrogens with zero attached hydrogens (tertiary/aromatic N) is 4. The van der Waals surface area contributed by atoms with Gasteiger partial charge in [-0.05, 0) is 24.3 Å². The van der Waals surface area contributed by atoms with Crippen LogP contribution in [0.25, 0.3) is 10.2 Å². The fourth-order valence-corrected chi connectivity index (χ4v) is 4.16. The van der Waals surface area contributed by atoms with E-state index in [4.69, 9.17) is 0 Å². The topological polar surface area (TPSA) is 86.8 Å². The highest BCUT2D eigenvalue weighted by Gasteiger charge is 2.27. The van der Waals surface area contributed by atoms with E-state index in [0.29, 0.717) is 0 Å². The number of aromatic nitrogens is 4. The van der Waals surface area contributed by atoms with E-state index in [1.165, 1.54) is 6.92 Å². The second-order valence-corrected chi connectivity index (χ2v) is 6.91. The lowest BCUT2D eigenvalue weighted by molar-refractivity contribution is -0.114. The Morgan fingerprint density at radius 1 is 1.46 bits per heavy atom. The Hall–Kier alpha value is -2.48. The number of thiophene rings is 1. The minimum absolute atomic E-state index is 0.0820. The Kier molecular flexibility index (Phi) is 3.89. The zero-order valence-corrected chi connectivity index (χ0v) is 14.1. The van der Waals surface area contributed by atoms with Gasteiger partial charge in [0.15, 0.2) is 0 Å². The van der Waals surface area contributed by atoms with Gasteiger partial charge in [0.25, 0.3) is 0 Å². The molecule has 0 aromatic carbocycles. The molecule has 1 fully saturated rings. The van der Waals surface area contributed by atoms with E-state index in [9.17, 15) is 4.79 Å². The van der Waals surface area contributed by atoms with Crippen molar-refractivity contribution >= 4 is 39.0 Å². The first-order valence-corrected chi connectivity index (χ1v) is 8.84. The summed E-state index contributed by atoms with van der Waals surface area (Å²) >= 11 is 1.67. The number of H-pyrrole nitrogens is 1. The van der Waals surface area contributed by atoms with Crippen molar-refractivity contribution in [2.24, 2.45) is 0 Å². The molecule has 124 valence electrons. The maximum atomic E-state index is 11.4. The zero-order chi connectivity index (χ0) is 16.5. The Balaban J connectivity index is 1.61. The van der Waals surface area contributed by atoms with Crippen molar-refractivity contribution in [3.8, 4) is 0 Å². The Morgan fingerprint density at radius 3 is 3.25 bits per heavy atom. The van der Waals surface area contributed by atoms with Gasteiger partial charge >= 0.3 is 0 Å². The molecule has 1 amide bonds. The molecule has 0 bridgehead atoms. The van der Waals surface area contributed by atoms with Gasteiger partial charge in [-0.25, -0.2) is 9.97 Å². The molecule has 1 aliphatic rings. The second kappa shape index (κ2) is 6.20. The number of hydrogen-bond acceptors (Lipinski definition) is 6. The van der Waals surface area contributed by atoms with Crippen LogP contribution in [0.2, 0.25) is 0 Å². The van der Waals surface area contributed by atoms with Crippen LogP contribution in [0.4, 0.5) is 11.5 Å². The van der Waals surface area contributed by atoms with Gasteiger partial charge < -0.3 is 10.2 Å². The van der Waals surface area contributed by atoms with Crippen LogP contribution in [-0.4, -0.2) is 39.2 Å². The van der Waals surface area contributed by atoms with Gasteiger partial charge in [-0.15, -0.1) is 11.3 Å². The van der Waals surface area contributed by atoms with Crippen LogP contribution < -0.4 is 10.2 Å². The minimum Gasteiger partial charge on any atom is -0.355 e. The molecule has 4 rings (SSSR count). The van der Waals surface area contributed by atoms with E-state index in [2.05, 4.69) is 30.4 Å². The van der Waals surface area contributed by atoms with Gasteiger partial charge in [0, 0.05) is 25.9 Å². The average molecular weight is 342 g/mol. The summed E-state index contributed by atoms with van der Waals surface area (Å²) in [6.07, 6.45) is 5.44. The third kappa shape index (κ3) is 2.73. The predicted molar refractivity (Wildman–Crippen MR) is 94.5 cm³/mol. The molecule has 1 unspecified atom stereocenters. The summed E-state index contributed by atoms with van der Waals surface area (Å²) in [4.78, 5) is 22.5. The van der Waals surface area contributed by atoms with Gasteiger partial charge in [0.2, 0.25) is 5.91 Å². The summed E-state index contributed by atoms with van der Waals surface area (Å²) in [5.41, 5.74) is 2.76.